The van der Waals surface area contributed by atoms with Gasteiger partial charge in [0.25, 0.3) is 5.91 Å². The Balaban J connectivity index is 1.92. The molecule has 0 atom stereocenters. The molecule has 1 amide bonds. The van der Waals surface area contributed by atoms with Gasteiger partial charge in [-0.15, -0.1) is 0 Å². The van der Waals surface area contributed by atoms with Crippen LogP contribution in [0.25, 0.3) is 0 Å². The highest BCUT2D eigenvalue weighted by Gasteiger charge is 2.27. The Labute approximate surface area is 143 Å². The van der Waals surface area contributed by atoms with Gasteiger partial charge in [0.2, 0.25) is 0 Å². The van der Waals surface area contributed by atoms with Gasteiger partial charge in [-0.1, -0.05) is 43.3 Å². The van der Waals surface area contributed by atoms with Crippen LogP contribution in [-0.4, -0.2) is 31.5 Å². The monoisotopic (exact) mass is 343 g/mol. The molecule has 5 heteroatoms. The quantitative estimate of drug-likeness (QED) is 0.857. The van der Waals surface area contributed by atoms with Crippen LogP contribution in [0.1, 0.15) is 34.8 Å². The van der Waals surface area contributed by atoms with Gasteiger partial charge in [-0.25, -0.2) is 8.42 Å². The third-order valence-corrected chi connectivity index (χ3v) is 6.32. The molecule has 126 valence electrons. The molecule has 2 aromatic rings. The molecule has 0 saturated heterocycles. The summed E-state index contributed by atoms with van der Waals surface area (Å²) in [6, 6.07) is 14.6. The molecule has 4 nitrogen and oxygen atoms in total. The number of nitrogens with zero attached hydrogens (tertiary/aromatic N) is 1. The molecule has 3 rings (SSSR count). The minimum absolute atomic E-state index is 0.0557. The smallest absolute Gasteiger partial charge is 0.255 e. The highest BCUT2D eigenvalue weighted by molar-refractivity contribution is 7.91. The molecule has 0 bridgehead atoms. The normalized spacial score (nSPS) is 14.3. The lowest BCUT2D eigenvalue weighted by atomic mass is 9.99. The molecule has 0 saturated carbocycles. The van der Waals surface area contributed by atoms with E-state index < -0.39 is 9.84 Å². The van der Waals surface area contributed by atoms with Crippen LogP contribution in [0.5, 0.6) is 0 Å². The van der Waals surface area contributed by atoms with E-state index in [0.717, 1.165) is 12.0 Å². The summed E-state index contributed by atoms with van der Waals surface area (Å²) >= 11 is 0. The van der Waals surface area contributed by atoms with Crippen molar-refractivity contribution in [3.05, 3.63) is 65.2 Å². The maximum absolute atomic E-state index is 12.9. The molecule has 0 spiro atoms. The largest absolute Gasteiger partial charge is 0.334 e. The van der Waals surface area contributed by atoms with Gasteiger partial charge >= 0.3 is 0 Å². The Morgan fingerprint density at radius 2 is 1.71 bits per heavy atom. The SMILES string of the molecule is CCCS(=O)(=O)c1ccccc1C(=O)N1CCc2ccccc2C1. The summed E-state index contributed by atoms with van der Waals surface area (Å²) in [6.07, 6.45) is 1.33. The zero-order chi connectivity index (χ0) is 17.2. The van der Waals surface area contributed by atoms with Crippen molar-refractivity contribution in [2.45, 2.75) is 31.2 Å². The van der Waals surface area contributed by atoms with Gasteiger partial charge in [0.05, 0.1) is 16.2 Å². The van der Waals surface area contributed by atoms with E-state index in [1.807, 2.05) is 25.1 Å². The number of hydrogen-bond donors (Lipinski definition) is 0. The van der Waals surface area contributed by atoms with E-state index >= 15 is 0 Å². The number of benzene rings is 2. The summed E-state index contributed by atoms with van der Waals surface area (Å²) < 4.78 is 24.9. The molecular formula is C19H21NO3S. The molecule has 0 fully saturated rings. The van der Waals surface area contributed by atoms with Gasteiger partial charge in [-0.3, -0.25) is 4.79 Å². The lowest BCUT2D eigenvalue weighted by Gasteiger charge is -2.29. The first-order valence-electron chi connectivity index (χ1n) is 8.21. The lowest BCUT2D eigenvalue weighted by Crippen LogP contribution is -2.36. The van der Waals surface area contributed by atoms with Crippen LogP contribution in [-0.2, 0) is 22.8 Å². The predicted octanol–water partition coefficient (Wildman–Crippen LogP) is 3.07. The van der Waals surface area contributed by atoms with Crippen LogP contribution in [0.15, 0.2) is 53.4 Å². The first-order valence-corrected chi connectivity index (χ1v) is 9.86. The van der Waals surface area contributed by atoms with Crippen molar-refractivity contribution >= 4 is 15.7 Å². The first kappa shape index (κ1) is 16.7. The fourth-order valence-corrected chi connectivity index (χ4v) is 4.67. The Kier molecular flexibility index (Phi) is 4.71. The minimum Gasteiger partial charge on any atom is -0.334 e. The number of carbonyl (C=O) groups is 1. The van der Waals surface area contributed by atoms with E-state index in [1.54, 1.807) is 23.1 Å². The van der Waals surface area contributed by atoms with Crippen LogP contribution in [0, 0.1) is 0 Å². The van der Waals surface area contributed by atoms with Crippen molar-refractivity contribution in [1.29, 1.82) is 0 Å². The predicted molar refractivity (Wildman–Crippen MR) is 93.7 cm³/mol. The van der Waals surface area contributed by atoms with Crippen molar-refractivity contribution in [1.82, 2.24) is 4.90 Å². The summed E-state index contributed by atoms with van der Waals surface area (Å²) in [5, 5.41) is 0. The summed E-state index contributed by atoms with van der Waals surface area (Å²) in [5.41, 5.74) is 2.67. The van der Waals surface area contributed by atoms with Crippen LogP contribution < -0.4 is 0 Å². The average molecular weight is 343 g/mol. The standard InChI is InChI=1S/C19H21NO3S/c1-2-13-24(22,23)18-10-6-5-9-17(18)19(21)20-12-11-15-7-3-4-8-16(15)14-20/h3-10H,2,11-14H2,1H3. The van der Waals surface area contributed by atoms with Crippen LogP contribution in [0.2, 0.25) is 0 Å². The number of carbonyl (C=O) groups excluding carboxylic acids is 1. The van der Waals surface area contributed by atoms with Gasteiger partial charge in [-0.2, -0.15) is 0 Å². The van der Waals surface area contributed by atoms with E-state index in [2.05, 4.69) is 6.07 Å². The summed E-state index contributed by atoms with van der Waals surface area (Å²) in [6.45, 7) is 2.96. The zero-order valence-electron chi connectivity index (χ0n) is 13.7. The zero-order valence-corrected chi connectivity index (χ0v) is 14.6. The van der Waals surface area contributed by atoms with Gasteiger partial charge in [0, 0.05) is 13.1 Å². The molecule has 1 aliphatic heterocycles. The third-order valence-electron chi connectivity index (χ3n) is 4.34. The maximum atomic E-state index is 12.9. The van der Waals surface area contributed by atoms with Crippen molar-refractivity contribution < 1.29 is 13.2 Å². The highest BCUT2D eigenvalue weighted by Crippen LogP contribution is 2.24. The van der Waals surface area contributed by atoms with Crippen molar-refractivity contribution in [2.75, 3.05) is 12.3 Å². The van der Waals surface area contributed by atoms with Crippen LogP contribution in [0.3, 0.4) is 0 Å². The summed E-state index contributed by atoms with van der Waals surface area (Å²) in [4.78, 5) is 14.8. The van der Waals surface area contributed by atoms with Crippen LogP contribution >= 0.6 is 0 Å². The van der Waals surface area contributed by atoms with Crippen LogP contribution in [0.4, 0.5) is 0 Å². The number of amides is 1. The number of fused-ring (bicyclic) bond motifs is 1. The highest BCUT2D eigenvalue weighted by atomic mass is 32.2. The van der Waals surface area contributed by atoms with Crippen molar-refractivity contribution in [2.24, 2.45) is 0 Å². The molecule has 0 unspecified atom stereocenters. The van der Waals surface area contributed by atoms with Gasteiger partial charge < -0.3 is 4.90 Å². The second-order valence-corrected chi connectivity index (χ2v) is 8.14. The Bertz CT molecular complexity index is 858. The van der Waals surface area contributed by atoms with Gasteiger partial charge in [-0.05, 0) is 36.1 Å². The molecule has 2 aromatic carbocycles. The molecule has 1 heterocycles. The Hall–Kier alpha value is -2.14. The van der Waals surface area contributed by atoms with Crippen molar-refractivity contribution in [3.8, 4) is 0 Å². The van der Waals surface area contributed by atoms with E-state index in [9.17, 15) is 13.2 Å². The molecule has 0 aliphatic carbocycles. The molecule has 1 aliphatic rings. The Morgan fingerprint density at radius 1 is 1.04 bits per heavy atom. The van der Waals surface area contributed by atoms with E-state index in [0.29, 0.717) is 19.5 Å². The number of rotatable bonds is 4. The fraction of sp³-hybridized carbons (Fsp3) is 0.316. The minimum atomic E-state index is -3.43. The molecule has 0 aromatic heterocycles. The van der Waals surface area contributed by atoms with Gasteiger partial charge in [0.1, 0.15) is 0 Å². The van der Waals surface area contributed by atoms with Gasteiger partial charge in [0.15, 0.2) is 9.84 Å². The van der Waals surface area contributed by atoms with E-state index in [-0.39, 0.29) is 22.1 Å². The van der Waals surface area contributed by atoms with E-state index in [4.69, 9.17) is 0 Å². The molecule has 0 N–H and O–H groups in total. The molecular weight excluding hydrogens is 322 g/mol. The summed E-state index contributed by atoms with van der Waals surface area (Å²) in [5.74, 6) is -0.153. The second kappa shape index (κ2) is 6.77. The Morgan fingerprint density at radius 3 is 2.46 bits per heavy atom. The number of sulfone groups is 1. The maximum Gasteiger partial charge on any atom is 0.255 e. The molecule has 0 radical (unpaired) electrons. The van der Waals surface area contributed by atoms with E-state index in [1.165, 1.54) is 11.6 Å². The average Bonchev–Trinajstić information content (AvgIpc) is 2.60. The topological polar surface area (TPSA) is 54.5 Å². The fourth-order valence-electron chi connectivity index (χ4n) is 3.13. The molecule has 24 heavy (non-hydrogen) atoms. The second-order valence-electron chi connectivity index (χ2n) is 6.06. The summed E-state index contributed by atoms with van der Waals surface area (Å²) in [7, 11) is -3.43. The third kappa shape index (κ3) is 3.22. The number of hydrogen-bond acceptors (Lipinski definition) is 3. The lowest BCUT2D eigenvalue weighted by molar-refractivity contribution is 0.0731. The first-order chi connectivity index (χ1) is 11.5. The van der Waals surface area contributed by atoms with Crippen molar-refractivity contribution in [3.63, 3.8) is 0 Å².